The van der Waals surface area contributed by atoms with Crippen molar-refractivity contribution in [3.63, 3.8) is 0 Å². The van der Waals surface area contributed by atoms with Gasteiger partial charge in [-0.2, -0.15) is 0 Å². The lowest BCUT2D eigenvalue weighted by Crippen LogP contribution is -2.24. The van der Waals surface area contributed by atoms with Crippen LogP contribution in [0.2, 0.25) is 0 Å². The molecule has 0 spiro atoms. The van der Waals surface area contributed by atoms with Gasteiger partial charge in [0.2, 0.25) is 5.43 Å². The van der Waals surface area contributed by atoms with Crippen molar-refractivity contribution >= 4 is 22.6 Å². The number of aromatic carboxylic acids is 1. The van der Waals surface area contributed by atoms with E-state index in [1.165, 1.54) is 19.2 Å². The van der Waals surface area contributed by atoms with Crippen LogP contribution in [0, 0.1) is 17.0 Å². The highest BCUT2D eigenvalue weighted by atomic mass is 16.6. The molecule has 114 valence electrons. The minimum atomic E-state index is -1.32. The molecule has 1 aromatic heterocycles. The van der Waals surface area contributed by atoms with Crippen molar-refractivity contribution in [2.24, 2.45) is 0 Å². The van der Waals surface area contributed by atoms with E-state index in [2.05, 4.69) is 0 Å². The number of carboxylic acids is 1. The molecule has 1 atom stereocenters. The van der Waals surface area contributed by atoms with Crippen LogP contribution in [0.4, 0.5) is 5.69 Å². The molecule has 7 heteroatoms. The van der Waals surface area contributed by atoms with E-state index >= 15 is 0 Å². The van der Waals surface area contributed by atoms with Gasteiger partial charge in [0, 0.05) is 23.9 Å². The van der Waals surface area contributed by atoms with Crippen LogP contribution in [0.5, 0.6) is 0 Å². The predicted octanol–water partition coefficient (Wildman–Crippen LogP) is 2.42. The third kappa shape index (κ3) is 1.82. The van der Waals surface area contributed by atoms with Gasteiger partial charge in [-0.25, -0.2) is 4.79 Å². The smallest absolute Gasteiger partial charge is 0.341 e. The van der Waals surface area contributed by atoms with Gasteiger partial charge in [0.1, 0.15) is 5.56 Å². The first-order valence-electron chi connectivity index (χ1n) is 6.92. The van der Waals surface area contributed by atoms with Crippen molar-refractivity contribution < 1.29 is 14.8 Å². The summed E-state index contributed by atoms with van der Waals surface area (Å²) in [6.07, 6.45) is 2.72. The van der Waals surface area contributed by atoms with E-state index < -0.39 is 16.3 Å². The molecule has 3 rings (SSSR count). The number of aryl methyl sites for hydroxylation is 2. The number of pyridine rings is 1. The van der Waals surface area contributed by atoms with E-state index in [0.717, 1.165) is 12.0 Å². The Morgan fingerprint density at radius 2 is 2.18 bits per heavy atom. The molecule has 1 unspecified atom stereocenters. The molecule has 1 aliphatic rings. The second-order valence-corrected chi connectivity index (χ2v) is 5.63. The Bertz CT molecular complexity index is 897. The minimum absolute atomic E-state index is 0.0366. The van der Waals surface area contributed by atoms with Gasteiger partial charge in [-0.1, -0.05) is 0 Å². The lowest BCUT2D eigenvalue weighted by molar-refractivity contribution is -0.385. The average Bonchev–Trinajstić information content (AvgIpc) is 2.44. The molecule has 0 fully saturated rings. The van der Waals surface area contributed by atoms with E-state index in [4.69, 9.17) is 0 Å². The van der Waals surface area contributed by atoms with Crippen LogP contribution in [0.15, 0.2) is 17.1 Å². The molecule has 22 heavy (non-hydrogen) atoms. The summed E-state index contributed by atoms with van der Waals surface area (Å²) in [6.45, 7) is 3.43. The zero-order chi connectivity index (χ0) is 16.2. The molecular formula is C15H14N2O5. The quantitative estimate of drug-likeness (QED) is 0.678. The van der Waals surface area contributed by atoms with Crippen LogP contribution in [0.1, 0.15) is 40.9 Å². The van der Waals surface area contributed by atoms with Crippen LogP contribution in [0.3, 0.4) is 0 Å². The summed E-state index contributed by atoms with van der Waals surface area (Å²) in [5, 5.41) is 20.6. The Morgan fingerprint density at radius 3 is 2.77 bits per heavy atom. The monoisotopic (exact) mass is 302 g/mol. The Morgan fingerprint density at radius 1 is 1.50 bits per heavy atom. The summed E-state index contributed by atoms with van der Waals surface area (Å²) in [6, 6.07) is 1.54. The molecule has 1 aromatic carbocycles. The van der Waals surface area contributed by atoms with Gasteiger partial charge in [0.05, 0.1) is 15.8 Å². The number of nitrogens with zero attached hydrogens (tertiary/aromatic N) is 2. The van der Waals surface area contributed by atoms with Crippen molar-refractivity contribution in [3.05, 3.63) is 49.3 Å². The van der Waals surface area contributed by atoms with E-state index in [0.29, 0.717) is 11.9 Å². The van der Waals surface area contributed by atoms with Gasteiger partial charge < -0.3 is 9.67 Å². The maximum absolute atomic E-state index is 12.5. The molecule has 7 nitrogen and oxygen atoms in total. The molecule has 0 radical (unpaired) electrons. The van der Waals surface area contributed by atoms with Crippen LogP contribution < -0.4 is 5.43 Å². The van der Waals surface area contributed by atoms with Crippen molar-refractivity contribution in [1.29, 1.82) is 0 Å². The fourth-order valence-corrected chi connectivity index (χ4v) is 3.16. The average molecular weight is 302 g/mol. The summed E-state index contributed by atoms with van der Waals surface area (Å²) in [5.74, 6) is -1.32. The number of hydrogen-bond donors (Lipinski definition) is 1. The summed E-state index contributed by atoms with van der Waals surface area (Å²) < 4.78 is 1.76. The van der Waals surface area contributed by atoms with Gasteiger partial charge in [-0.3, -0.25) is 14.9 Å². The zero-order valence-corrected chi connectivity index (χ0v) is 12.1. The number of nitro groups is 1. The van der Waals surface area contributed by atoms with Crippen molar-refractivity contribution in [3.8, 4) is 0 Å². The topological polar surface area (TPSA) is 102 Å². The zero-order valence-electron chi connectivity index (χ0n) is 12.1. The number of hydrogen-bond acceptors (Lipinski definition) is 4. The highest BCUT2D eigenvalue weighted by Gasteiger charge is 2.27. The lowest BCUT2D eigenvalue weighted by Gasteiger charge is -2.26. The van der Waals surface area contributed by atoms with E-state index in [9.17, 15) is 24.8 Å². The minimum Gasteiger partial charge on any atom is -0.477 e. The van der Waals surface area contributed by atoms with Gasteiger partial charge in [-0.15, -0.1) is 0 Å². The molecule has 0 saturated heterocycles. The number of carbonyl (C=O) groups is 1. The van der Waals surface area contributed by atoms with E-state index in [-0.39, 0.29) is 28.2 Å². The van der Waals surface area contributed by atoms with Gasteiger partial charge >= 0.3 is 5.97 Å². The van der Waals surface area contributed by atoms with E-state index in [1.807, 2.05) is 6.92 Å². The Hall–Kier alpha value is -2.70. The number of nitro benzene ring substituents is 1. The third-order valence-corrected chi connectivity index (χ3v) is 4.34. The lowest BCUT2D eigenvalue weighted by atomic mass is 9.93. The van der Waals surface area contributed by atoms with Crippen LogP contribution in [-0.2, 0) is 6.42 Å². The Kier molecular flexibility index (Phi) is 3.01. The molecule has 0 bridgehead atoms. The second-order valence-electron chi connectivity index (χ2n) is 5.63. The summed E-state index contributed by atoms with van der Waals surface area (Å²) in [4.78, 5) is 34.5. The van der Waals surface area contributed by atoms with Crippen molar-refractivity contribution in [1.82, 2.24) is 4.57 Å². The van der Waals surface area contributed by atoms with Crippen LogP contribution in [0.25, 0.3) is 10.9 Å². The van der Waals surface area contributed by atoms with E-state index in [1.54, 1.807) is 4.57 Å². The van der Waals surface area contributed by atoms with Crippen LogP contribution in [-0.4, -0.2) is 20.6 Å². The molecule has 0 aliphatic carbocycles. The van der Waals surface area contributed by atoms with Gasteiger partial charge in [0.25, 0.3) is 5.69 Å². The maximum atomic E-state index is 12.5. The first kappa shape index (κ1) is 14.2. The van der Waals surface area contributed by atoms with Gasteiger partial charge in [-0.05, 0) is 32.3 Å². The van der Waals surface area contributed by atoms with Crippen molar-refractivity contribution in [2.45, 2.75) is 32.7 Å². The van der Waals surface area contributed by atoms with Crippen molar-refractivity contribution in [2.75, 3.05) is 0 Å². The number of aromatic nitrogens is 1. The number of rotatable bonds is 2. The van der Waals surface area contributed by atoms with Gasteiger partial charge in [0.15, 0.2) is 0 Å². The largest absolute Gasteiger partial charge is 0.477 e. The number of benzene rings is 1. The summed E-state index contributed by atoms with van der Waals surface area (Å²) in [5.41, 5.74) is 0.422. The first-order chi connectivity index (χ1) is 10.3. The van der Waals surface area contributed by atoms with Crippen LogP contribution >= 0.6 is 0 Å². The number of carboxylic acid groups (broad SMARTS) is 1. The molecule has 0 saturated carbocycles. The fourth-order valence-electron chi connectivity index (χ4n) is 3.16. The molecule has 0 amide bonds. The highest BCUT2D eigenvalue weighted by molar-refractivity contribution is 5.96. The maximum Gasteiger partial charge on any atom is 0.341 e. The molecule has 2 heterocycles. The first-order valence-corrected chi connectivity index (χ1v) is 6.92. The summed E-state index contributed by atoms with van der Waals surface area (Å²) in [7, 11) is 0. The molecule has 1 N–H and O–H groups in total. The Balaban J connectivity index is 2.59. The predicted molar refractivity (Wildman–Crippen MR) is 79.6 cm³/mol. The highest BCUT2D eigenvalue weighted by Crippen LogP contribution is 2.35. The molecule has 1 aliphatic heterocycles. The fraction of sp³-hybridized carbons (Fsp3) is 0.333. The summed E-state index contributed by atoms with van der Waals surface area (Å²) >= 11 is 0. The third-order valence-electron chi connectivity index (χ3n) is 4.34. The normalized spacial score (nSPS) is 16.7. The Labute approximate surface area is 124 Å². The molecule has 2 aromatic rings. The standard InChI is InChI=1S/C15H14N2O5/c1-7-3-4-9-5-11(17(21)22)8(2)12-13(9)16(7)6-10(14(12)18)15(19)20/h5-7H,3-4H2,1-2H3,(H,19,20). The second kappa shape index (κ2) is 4.66. The molecular weight excluding hydrogens is 288 g/mol. The SMILES string of the molecule is Cc1c([N+](=O)[O-])cc2c3c1c(=O)c(C(=O)O)cn3C(C)CC2.